The first-order valence-electron chi connectivity index (χ1n) is 9.13. The SMILES string of the molecule is NC[C@@H](C(=O)Nc1ccc(N2CCOCC2=O)cc1F)N(CC(F)F)C1CC1. The number of morpholine rings is 1. The van der Waals surface area contributed by atoms with Crippen LogP contribution in [-0.2, 0) is 14.3 Å². The molecule has 154 valence electrons. The van der Waals surface area contributed by atoms with Gasteiger partial charge in [-0.1, -0.05) is 0 Å². The van der Waals surface area contributed by atoms with E-state index < -0.39 is 30.7 Å². The molecule has 1 aliphatic carbocycles. The first-order chi connectivity index (χ1) is 13.4. The number of nitrogens with one attached hydrogen (secondary N) is 1. The minimum atomic E-state index is -2.59. The Morgan fingerprint density at radius 1 is 1.39 bits per heavy atom. The van der Waals surface area contributed by atoms with E-state index >= 15 is 0 Å². The molecule has 0 bridgehead atoms. The second kappa shape index (κ2) is 8.89. The number of rotatable bonds is 8. The van der Waals surface area contributed by atoms with Gasteiger partial charge in [0.2, 0.25) is 5.91 Å². The first-order valence-corrected chi connectivity index (χ1v) is 9.13. The van der Waals surface area contributed by atoms with E-state index in [4.69, 9.17) is 10.5 Å². The van der Waals surface area contributed by atoms with Crippen molar-refractivity contribution in [2.75, 3.05) is 43.1 Å². The maximum Gasteiger partial charge on any atom is 0.253 e. The van der Waals surface area contributed by atoms with Crippen LogP contribution in [0.25, 0.3) is 0 Å². The first kappa shape index (κ1) is 20.6. The smallest absolute Gasteiger partial charge is 0.253 e. The zero-order chi connectivity index (χ0) is 20.3. The molecule has 1 atom stereocenters. The third-order valence-corrected chi connectivity index (χ3v) is 4.80. The topological polar surface area (TPSA) is 87.9 Å². The van der Waals surface area contributed by atoms with Crippen molar-refractivity contribution in [1.29, 1.82) is 0 Å². The van der Waals surface area contributed by atoms with Crippen molar-refractivity contribution in [3.8, 4) is 0 Å². The average molecular weight is 400 g/mol. The summed E-state index contributed by atoms with van der Waals surface area (Å²) in [5.41, 5.74) is 5.91. The molecule has 2 amide bonds. The van der Waals surface area contributed by atoms with Crippen LogP contribution >= 0.6 is 0 Å². The van der Waals surface area contributed by atoms with Gasteiger partial charge in [0.15, 0.2) is 0 Å². The Labute approximate surface area is 160 Å². The number of amides is 2. The molecular weight excluding hydrogens is 377 g/mol. The lowest BCUT2D eigenvalue weighted by Gasteiger charge is -2.30. The van der Waals surface area contributed by atoms with Gasteiger partial charge in [0, 0.05) is 24.8 Å². The number of ether oxygens (including phenoxy) is 1. The summed E-state index contributed by atoms with van der Waals surface area (Å²) < 4.78 is 45.3. The van der Waals surface area contributed by atoms with Gasteiger partial charge < -0.3 is 20.7 Å². The van der Waals surface area contributed by atoms with E-state index in [1.165, 1.54) is 21.9 Å². The van der Waals surface area contributed by atoms with Crippen LogP contribution in [0.3, 0.4) is 0 Å². The van der Waals surface area contributed by atoms with Gasteiger partial charge in [0.1, 0.15) is 18.5 Å². The fourth-order valence-electron chi connectivity index (χ4n) is 3.27. The van der Waals surface area contributed by atoms with Crippen LogP contribution in [0.4, 0.5) is 24.5 Å². The lowest BCUT2D eigenvalue weighted by Crippen LogP contribution is -2.51. The molecule has 7 nitrogen and oxygen atoms in total. The Kier molecular flexibility index (Phi) is 6.53. The maximum absolute atomic E-state index is 14.5. The molecule has 1 aromatic rings. The molecule has 28 heavy (non-hydrogen) atoms. The molecule has 2 fully saturated rings. The molecule has 0 radical (unpaired) electrons. The van der Waals surface area contributed by atoms with E-state index in [-0.39, 0.29) is 30.8 Å². The highest BCUT2D eigenvalue weighted by Gasteiger charge is 2.38. The molecule has 10 heteroatoms. The number of carbonyl (C=O) groups is 2. The standard InChI is InChI=1S/C18H23F3N4O3/c19-13-7-12(24-5-6-28-10-17(24)26)3-4-14(13)23-18(27)15(8-22)25(9-16(20)21)11-1-2-11/h3-4,7,11,15-16H,1-2,5-6,8-10,22H2,(H,23,27)/t15-/m0/s1. The van der Waals surface area contributed by atoms with E-state index in [0.29, 0.717) is 18.8 Å². The third kappa shape index (κ3) is 4.81. The highest BCUT2D eigenvalue weighted by Crippen LogP contribution is 2.30. The van der Waals surface area contributed by atoms with E-state index in [1.807, 2.05) is 0 Å². The van der Waals surface area contributed by atoms with E-state index in [0.717, 1.165) is 18.9 Å². The number of alkyl halides is 2. The van der Waals surface area contributed by atoms with E-state index in [9.17, 15) is 22.8 Å². The number of halogens is 3. The molecule has 1 aromatic carbocycles. The summed E-state index contributed by atoms with van der Waals surface area (Å²) in [5.74, 6) is -1.64. The second-order valence-corrected chi connectivity index (χ2v) is 6.82. The Morgan fingerprint density at radius 2 is 2.14 bits per heavy atom. The van der Waals surface area contributed by atoms with Gasteiger partial charge in [-0.15, -0.1) is 0 Å². The van der Waals surface area contributed by atoms with Crippen LogP contribution in [0.5, 0.6) is 0 Å². The van der Waals surface area contributed by atoms with Crippen molar-refractivity contribution in [2.45, 2.75) is 31.4 Å². The van der Waals surface area contributed by atoms with Crippen LogP contribution < -0.4 is 16.0 Å². The summed E-state index contributed by atoms with van der Waals surface area (Å²) in [6, 6.07) is 2.92. The molecule has 1 saturated heterocycles. The predicted octanol–water partition coefficient (Wildman–Crippen LogP) is 1.18. The Balaban J connectivity index is 1.71. The fourth-order valence-corrected chi connectivity index (χ4v) is 3.27. The lowest BCUT2D eigenvalue weighted by atomic mass is 10.2. The average Bonchev–Trinajstić information content (AvgIpc) is 3.48. The van der Waals surface area contributed by atoms with Gasteiger partial charge in [-0.25, -0.2) is 13.2 Å². The Hall–Kier alpha value is -2.17. The molecule has 0 aromatic heterocycles. The number of hydrogen-bond donors (Lipinski definition) is 2. The van der Waals surface area contributed by atoms with E-state index in [1.54, 1.807) is 0 Å². The monoisotopic (exact) mass is 400 g/mol. The summed E-state index contributed by atoms with van der Waals surface area (Å²) in [5, 5.41) is 2.43. The fraction of sp³-hybridized carbons (Fsp3) is 0.556. The van der Waals surface area contributed by atoms with Gasteiger partial charge in [0.05, 0.1) is 18.8 Å². The normalized spacial score (nSPS) is 18.6. The molecule has 1 saturated carbocycles. The number of anilines is 2. The Bertz CT molecular complexity index is 730. The van der Waals surface area contributed by atoms with Gasteiger partial charge in [-0.2, -0.15) is 0 Å². The van der Waals surface area contributed by atoms with Crippen LogP contribution in [-0.4, -0.2) is 68.1 Å². The zero-order valence-corrected chi connectivity index (χ0v) is 15.2. The number of nitrogens with zero attached hydrogens (tertiary/aromatic N) is 2. The molecule has 2 aliphatic rings. The second-order valence-electron chi connectivity index (χ2n) is 6.82. The summed E-state index contributed by atoms with van der Waals surface area (Å²) in [7, 11) is 0. The minimum absolute atomic E-state index is 0.0700. The number of carbonyl (C=O) groups excluding carboxylic acids is 2. The van der Waals surface area contributed by atoms with Crippen LogP contribution in [0.15, 0.2) is 18.2 Å². The van der Waals surface area contributed by atoms with Gasteiger partial charge in [0.25, 0.3) is 12.3 Å². The Morgan fingerprint density at radius 3 is 2.71 bits per heavy atom. The summed E-state index contributed by atoms with van der Waals surface area (Å²) in [6.45, 7) is -0.120. The van der Waals surface area contributed by atoms with Crippen molar-refractivity contribution >= 4 is 23.2 Å². The zero-order valence-electron chi connectivity index (χ0n) is 15.2. The van der Waals surface area contributed by atoms with E-state index in [2.05, 4.69) is 5.32 Å². The molecule has 0 unspecified atom stereocenters. The quantitative estimate of drug-likeness (QED) is 0.684. The van der Waals surface area contributed by atoms with Crippen LogP contribution in [0, 0.1) is 5.82 Å². The van der Waals surface area contributed by atoms with Crippen LogP contribution in [0.1, 0.15) is 12.8 Å². The lowest BCUT2D eigenvalue weighted by molar-refractivity contribution is -0.125. The predicted molar refractivity (Wildman–Crippen MR) is 96.8 cm³/mol. The molecule has 1 heterocycles. The molecule has 3 N–H and O–H groups in total. The minimum Gasteiger partial charge on any atom is -0.370 e. The van der Waals surface area contributed by atoms with Gasteiger partial charge in [-0.3, -0.25) is 14.5 Å². The maximum atomic E-state index is 14.5. The highest BCUT2D eigenvalue weighted by molar-refractivity contribution is 5.97. The van der Waals surface area contributed by atoms with Crippen molar-refractivity contribution in [3.63, 3.8) is 0 Å². The summed E-state index contributed by atoms with van der Waals surface area (Å²) in [4.78, 5) is 27.2. The van der Waals surface area contributed by atoms with Crippen molar-refractivity contribution in [3.05, 3.63) is 24.0 Å². The number of nitrogens with two attached hydrogens (primary N) is 1. The van der Waals surface area contributed by atoms with Crippen molar-refractivity contribution < 1.29 is 27.5 Å². The highest BCUT2D eigenvalue weighted by atomic mass is 19.3. The largest absolute Gasteiger partial charge is 0.370 e. The third-order valence-electron chi connectivity index (χ3n) is 4.80. The van der Waals surface area contributed by atoms with Crippen LogP contribution in [0.2, 0.25) is 0 Å². The van der Waals surface area contributed by atoms with Gasteiger partial charge >= 0.3 is 0 Å². The molecule has 3 rings (SSSR count). The molecular formula is C18H23F3N4O3. The van der Waals surface area contributed by atoms with Crippen molar-refractivity contribution in [1.82, 2.24) is 4.90 Å². The molecule has 0 spiro atoms. The summed E-state index contributed by atoms with van der Waals surface area (Å²) >= 11 is 0. The number of hydrogen-bond acceptors (Lipinski definition) is 5. The molecule has 1 aliphatic heterocycles. The summed E-state index contributed by atoms with van der Waals surface area (Å²) in [6.07, 6.45) is -1.13. The number of benzene rings is 1. The van der Waals surface area contributed by atoms with Crippen molar-refractivity contribution in [2.24, 2.45) is 5.73 Å². The van der Waals surface area contributed by atoms with Gasteiger partial charge in [-0.05, 0) is 31.0 Å².